The molecule has 0 aliphatic heterocycles. The number of allylic oxidation sites excluding steroid dienone is 2. The third-order valence-electron chi connectivity index (χ3n) is 1.95. The van der Waals surface area contributed by atoms with Crippen LogP contribution >= 0.6 is 0 Å². The standard InChI is InChI=1S/C14H19/c1-14(2,3)12-8-7-11-13-9-5-4-6-10-13/h4-11H,12H2,1-3H3. The highest BCUT2D eigenvalue weighted by Crippen LogP contribution is 2.18. The Balaban J connectivity index is 2.35. The molecule has 0 spiro atoms. The van der Waals surface area contributed by atoms with Crippen molar-refractivity contribution in [2.45, 2.75) is 27.2 Å². The van der Waals surface area contributed by atoms with Gasteiger partial charge in [-0.1, -0.05) is 63.3 Å². The molecule has 0 fully saturated rings. The first kappa shape index (κ1) is 11.0. The molecule has 0 amide bonds. The highest BCUT2D eigenvalue weighted by Gasteiger charge is 2.05. The highest BCUT2D eigenvalue weighted by molar-refractivity contribution is 5.27. The van der Waals surface area contributed by atoms with Crippen LogP contribution in [0.1, 0.15) is 32.8 Å². The van der Waals surface area contributed by atoms with Gasteiger partial charge in [0.1, 0.15) is 0 Å². The van der Waals surface area contributed by atoms with Crippen LogP contribution in [0, 0.1) is 11.8 Å². The molecule has 0 aliphatic carbocycles. The molecule has 0 heterocycles. The van der Waals surface area contributed by atoms with Crippen LogP contribution in [0.2, 0.25) is 0 Å². The summed E-state index contributed by atoms with van der Waals surface area (Å²) < 4.78 is 0. The fourth-order valence-corrected chi connectivity index (χ4v) is 1.16. The van der Waals surface area contributed by atoms with E-state index in [1.54, 1.807) is 0 Å². The van der Waals surface area contributed by atoms with Crippen LogP contribution < -0.4 is 0 Å². The smallest absolute Gasteiger partial charge is 0.0121 e. The maximum absolute atomic E-state index is 2.25. The normalized spacial score (nSPS) is 12.2. The molecule has 0 heteroatoms. The van der Waals surface area contributed by atoms with Gasteiger partial charge in [0.2, 0.25) is 0 Å². The number of hydrogen-bond acceptors (Lipinski definition) is 0. The van der Waals surface area contributed by atoms with Gasteiger partial charge in [0.05, 0.1) is 0 Å². The molecule has 14 heavy (non-hydrogen) atoms. The van der Waals surface area contributed by atoms with Gasteiger partial charge in [0.15, 0.2) is 0 Å². The van der Waals surface area contributed by atoms with Crippen molar-refractivity contribution < 1.29 is 0 Å². The van der Waals surface area contributed by atoms with Crippen molar-refractivity contribution in [3.05, 3.63) is 54.5 Å². The van der Waals surface area contributed by atoms with Crippen LogP contribution in [0.25, 0.3) is 0 Å². The molecule has 1 aromatic carbocycles. The van der Waals surface area contributed by atoms with Gasteiger partial charge in [0, 0.05) is 6.42 Å². The lowest BCUT2D eigenvalue weighted by molar-refractivity contribution is 0.420. The van der Waals surface area contributed by atoms with Crippen molar-refractivity contribution in [2.24, 2.45) is 5.41 Å². The molecule has 75 valence electrons. The van der Waals surface area contributed by atoms with Gasteiger partial charge in [-0.05, 0) is 17.4 Å². The minimum Gasteiger partial charge on any atom is -0.0874 e. The van der Waals surface area contributed by atoms with Crippen molar-refractivity contribution in [2.75, 3.05) is 0 Å². The Morgan fingerprint density at radius 3 is 2.29 bits per heavy atom. The zero-order chi connectivity index (χ0) is 10.4. The summed E-state index contributed by atoms with van der Waals surface area (Å²) in [7, 11) is 0. The van der Waals surface area contributed by atoms with E-state index in [9.17, 15) is 0 Å². The third-order valence-corrected chi connectivity index (χ3v) is 1.95. The van der Waals surface area contributed by atoms with Gasteiger partial charge in [-0.25, -0.2) is 0 Å². The van der Waals surface area contributed by atoms with E-state index in [4.69, 9.17) is 0 Å². The van der Waals surface area contributed by atoms with E-state index in [-0.39, 0.29) is 0 Å². The van der Waals surface area contributed by atoms with Crippen LogP contribution in [0.15, 0.2) is 42.5 Å². The van der Waals surface area contributed by atoms with Crippen molar-refractivity contribution in [3.63, 3.8) is 0 Å². The summed E-state index contributed by atoms with van der Waals surface area (Å²) in [6.07, 6.45) is 7.63. The Bertz CT molecular complexity index is 275. The molecule has 0 aromatic heterocycles. The van der Waals surface area contributed by atoms with Crippen LogP contribution in [0.3, 0.4) is 0 Å². The Morgan fingerprint density at radius 1 is 1.07 bits per heavy atom. The SMILES string of the molecule is CC(C)(C)CC=C[CH]c1ccccc1. The lowest BCUT2D eigenvalue weighted by Gasteiger charge is -2.14. The second-order valence-corrected chi connectivity index (χ2v) is 4.77. The molecule has 0 saturated heterocycles. The van der Waals surface area contributed by atoms with E-state index in [1.807, 2.05) is 6.07 Å². The molecule has 0 aliphatic rings. The summed E-state index contributed by atoms with van der Waals surface area (Å²) >= 11 is 0. The third kappa shape index (κ3) is 4.86. The van der Waals surface area contributed by atoms with Gasteiger partial charge in [-0.3, -0.25) is 0 Å². The Morgan fingerprint density at radius 2 is 1.71 bits per heavy atom. The molecule has 0 bridgehead atoms. The first-order chi connectivity index (χ1) is 6.58. The fourth-order valence-electron chi connectivity index (χ4n) is 1.16. The van der Waals surface area contributed by atoms with Crippen molar-refractivity contribution in [1.29, 1.82) is 0 Å². The lowest BCUT2D eigenvalue weighted by atomic mass is 9.92. The summed E-state index contributed by atoms with van der Waals surface area (Å²) in [5.41, 5.74) is 1.65. The molecule has 0 saturated carbocycles. The van der Waals surface area contributed by atoms with E-state index in [2.05, 4.69) is 63.6 Å². The second-order valence-electron chi connectivity index (χ2n) is 4.77. The Hall–Kier alpha value is -1.04. The van der Waals surface area contributed by atoms with E-state index >= 15 is 0 Å². The van der Waals surface area contributed by atoms with Crippen LogP contribution in [-0.2, 0) is 0 Å². The highest BCUT2D eigenvalue weighted by atomic mass is 14.1. The number of hydrogen-bond donors (Lipinski definition) is 0. The summed E-state index contributed by atoms with van der Waals surface area (Å²) in [4.78, 5) is 0. The van der Waals surface area contributed by atoms with E-state index in [1.165, 1.54) is 5.56 Å². The summed E-state index contributed by atoms with van der Waals surface area (Å²) in [5, 5.41) is 0. The predicted molar refractivity (Wildman–Crippen MR) is 63.1 cm³/mol. The topological polar surface area (TPSA) is 0 Å². The maximum atomic E-state index is 2.25. The summed E-state index contributed by atoms with van der Waals surface area (Å²) in [6, 6.07) is 10.4. The number of benzene rings is 1. The molecular formula is C14H19. The lowest BCUT2D eigenvalue weighted by Crippen LogP contribution is -2.01. The maximum Gasteiger partial charge on any atom is 0.0121 e. The zero-order valence-corrected chi connectivity index (χ0v) is 9.33. The first-order valence-electron chi connectivity index (χ1n) is 5.13. The van der Waals surface area contributed by atoms with Gasteiger partial charge in [0.25, 0.3) is 0 Å². The first-order valence-corrected chi connectivity index (χ1v) is 5.13. The minimum atomic E-state index is 0.390. The van der Waals surface area contributed by atoms with E-state index in [0.717, 1.165) is 6.42 Å². The molecule has 1 aromatic rings. The summed E-state index contributed by atoms with van der Waals surface area (Å²) in [5.74, 6) is 0. The fraction of sp³-hybridized carbons (Fsp3) is 0.357. The zero-order valence-electron chi connectivity index (χ0n) is 9.33. The molecular weight excluding hydrogens is 168 g/mol. The average molecular weight is 187 g/mol. The largest absolute Gasteiger partial charge is 0.0874 e. The Labute approximate surface area is 87.7 Å². The van der Waals surface area contributed by atoms with E-state index in [0.29, 0.717) is 5.41 Å². The van der Waals surface area contributed by atoms with Crippen molar-refractivity contribution >= 4 is 0 Å². The molecule has 1 radical (unpaired) electrons. The Kier molecular flexibility index (Phi) is 3.94. The van der Waals surface area contributed by atoms with Gasteiger partial charge in [-0.15, -0.1) is 0 Å². The molecule has 0 unspecified atom stereocenters. The van der Waals surface area contributed by atoms with Gasteiger partial charge in [-0.2, -0.15) is 0 Å². The van der Waals surface area contributed by atoms with Crippen LogP contribution in [0.4, 0.5) is 0 Å². The number of rotatable bonds is 3. The van der Waals surface area contributed by atoms with Crippen LogP contribution in [0.5, 0.6) is 0 Å². The molecule has 0 N–H and O–H groups in total. The summed E-state index contributed by atoms with van der Waals surface area (Å²) in [6.45, 7) is 6.75. The minimum absolute atomic E-state index is 0.390. The van der Waals surface area contributed by atoms with Crippen molar-refractivity contribution in [3.8, 4) is 0 Å². The van der Waals surface area contributed by atoms with Crippen LogP contribution in [-0.4, -0.2) is 0 Å². The quantitative estimate of drug-likeness (QED) is 0.664. The molecule has 1 rings (SSSR count). The molecule has 0 atom stereocenters. The van der Waals surface area contributed by atoms with Gasteiger partial charge >= 0.3 is 0 Å². The van der Waals surface area contributed by atoms with Gasteiger partial charge < -0.3 is 0 Å². The monoisotopic (exact) mass is 187 g/mol. The van der Waals surface area contributed by atoms with Crippen molar-refractivity contribution in [1.82, 2.24) is 0 Å². The van der Waals surface area contributed by atoms with E-state index < -0.39 is 0 Å². The molecule has 0 nitrogen and oxygen atoms in total. The average Bonchev–Trinajstić information content (AvgIpc) is 2.13. The predicted octanol–water partition coefficient (Wildman–Crippen LogP) is 4.23. The second kappa shape index (κ2) is 4.99.